The molecular formula is C23H57BrOP2. The van der Waals surface area contributed by atoms with Gasteiger partial charge in [0.25, 0.3) is 0 Å². The second-order valence-electron chi connectivity index (χ2n) is 9.95. The van der Waals surface area contributed by atoms with Crippen molar-refractivity contribution in [1.29, 1.82) is 0 Å². The van der Waals surface area contributed by atoms with E-state index in [0.29, 0.717) is 5.85 Å². The summed E-state index contributed by atoms with van der Waals surface area (Å²) in [5, 5.41) is 0. The molecular weight excluding hydrogens is 434 g/mol. The summed E-state index contributed by atoms with van der Waals surface area (Å²) in [5.41, 5.74) is 0. The van der Waals surface area contributed by atoms with Crippen molar-refractivity contribution < 1.29 is 4.74 Å². The third-order valence-corrected chi connectivity index (χ3v) is 19.3. The van der Waals surface area contributed by atoms with E-state index in [4.69, 9.17) is 4.74 Å². The monoisotopic (exact) mass is 490 g/mol. The fourth-order valence-electron chi connectivity index (χ4n) is 5.14. The first-order valence-corrected chi connectivity index (χ1v) is 17.0. The van der Waals surface area contributed by atoms with Crippen LogP contribution in [-0.4, -0.2) is 56.1 Å². The fraction of sp³-hybridized carbons (Fsp3) is 1.00. The van der Waals surface area contributed by atoms with Gasteiger partial charge in [0.2, 0.25) is 0 Å². The molecule has 0 aliphatic carbocycles. The molecule has 0 aromatic carbocycles. The molecule has 0 aromatic heterocycles. The van der Waals surface area contributed by atoms with Crippen LogP contribution in [-0.2, 0) is 4.74 Å². The Morgan fingerprint density at radius 3 is 1.00 bits per heavy atom. The normalized spacial score (nSPS) is 14.6. The molecule has 0 N–H and O–H groups in total. The number of rotatable bonds is 12. The van der Waals surface area contributed by atoms with Crippen molar-refractivity contribution in [2.24, 2.45) is 17.8 Å². The Morgan fingerprint density at radius 2 is 0.889 bits per heavy atom. The molecule has 172 valence electrons. The average molecular weight is 492 g/mol. The van der Waals surface area contributed by atoms with Gasteiger partial charge >= 0.3 is 169 Å². The third kappa shape index (κ3) is 13.3. The van der Waals surface area contributed by atoms with Crippen molar-refractivity contribution >= 4 is 31.5 Å². The van der Waals surface area contributed by atoms with E-state index in [0.717, 1.165) is 17.8 Å². The summed E-state index contributed by atoms with van der Waals surface area (Å²) in [7, 11) is -0.161. The Bertz CT molecular complexity index is 294. The van der Waals surface area contributed by atoms with Crippen LogP contribution in [0, 0.1) is 17.8 Å². The van der Waals surface area contributed by atoms with Crippen molar-refractivity contribution in [2.45, 2.75) is 82.0 Å². The van der Waals surface area contributed by atoms with E-state index in [1.807, 2.05) is 7.11 Å². The Hall–Kier alpha value is 1.30. The Kier molecular flexibility index (Phi) is 20.8. The molecule has 0 aliphatic rings. The molecule has 0 aliphatic heterocycles. The number of halogens is 1. The first-order valence-electron chi connectivity index (χ1n) is 11.5. The van der Waals surface area contributed by atoms with Gasteiger partial charge in [-0.2, -0.15) is 0 Å². The van der Waals surface area contributed by atoms with Crippen LogP contribution in [0.4, 0.5) is 0 Å². The molecule has 0 spiro atoms. The van der Waals surface area contributed by atoms with E-state index in [2.05, 4.69) is 76.2 Å². The van der Waals surface area contributed by atoms with E-state index in [-0.39, 0.29) is 17.0 Å². The fourth-order valence-corrected chi connectivity index (χ4v) is 15.4. The van der Waals surface area contributed by atoms with Crippen molar-refractivity contribution in [3.05, 3.63) is 0 Å². The van der Waals surface area contributed by atoms with Gasteiger partial charge in [0, 0.05) is 0 Å². The van der Waals surface area contributed by atoms with Crippen molar-refractivity contribution in [2.75, 3.05) is 50.2 Å². The van der Waals surface area contributed by atoms with Gasteiger partial charge in [-0.1, -0.05) is 0 Å². The summed E-state index contributed by atoms with van der Waals surface area (Å²) in [6, 6.07) is 0. The van der Waals surface area contributed by atoms with Gasteiger partial charge in [0.1, 0.15) is 0 Å². The first kappa shape index (κ1) is 33.0. The van der Waals surface area contributed by atoms with Crippen molar-refractivity contribution in [3.63, 3.8) is 0 Å². The van der Waals surface area contributed by atoms with Gasteiger partial charge in [-0.25, -0.2) is 0 Å². The van der Waals surface area contributed by atoms with E-state index < -0.39 is 14.5 Å². The topological polar surface area (TPSA) is 9.23 Å². The predicted octanol–water partition coefficient (Wildman–Crippen LogP) is 8.09. The van der Waals surface area contributed by atoms with E-state index in [1.165, 1.54) is 24.6 Å². The van der Waals surface area contributed by atoms with Gasteiger partial charge < -0.3 is 0 Å². The summed E-state index contributed by atoms with van der Waals surface area (Å²) in [6.45, 7) is 26.0. The molecule has 0 bridgehead atoms. The minimum atomic E-state index is -1.04. The first-order chi connectivity index (χ1) is 12.0. The molecule has 0 saturated heterocycles. The van der Waals surface area contributed by atoms with Crippen LogP contribution < -0.4 is 0 Å². The zero-order chi connectivity index (χ0) is 21.0. The van der Waals surface area contributed by atoms with Crippen LogP contribution in [0.25, 0.3) is 0 Å². The molecule has 1 unspecified atom stereocenters. The van der Waals surface area contributed by atoms with Crippen molar-refractivity contribution in [3.8, 4) is 0 Å². The summed E-state index contributed by atoms with van der Waals surface area (Å²) in [5.74, 6) is 3.22. The van der Waals surface area contributed by atoms with E-state index >= 15 is 0 Å². The van der Waals surface area contributed by atoms with Crippen molar-refractivity contribution in [1.82, 2.24) is 0 Å². The number of hydrogen-bond acceptors (Lipinski definition) is 1. The average Bonchev–Trinajstić information content (AvgIpc) is 2.55. The predicted molar refractivity (Wildman–Crippen MR) is 145 cm³/mol. The number of ether oxygens (including phenoxy) is 1. The molecule has 0 saturated carbocycles. The summed E-state index contributed by atoms with van der Waals surface area (Å²) in [6.07, 6.45) is 10.2. The van der Waals surface area contributed by atoms with Gasteiger partial charge in [0.15, 0.2) is 0 Å². The molecule has 0 aromatic rings. The quantitative estimate of drug-likeness (QED) is 0.251. The van der Waals surface area contributed by atoms with Crippen LogP contribution in [0.1, 0.15) is 76.2 Å². The van der Waals surface area contributed by atoms with Crippen LogP contribution >= 0.6 is 31.5 Å². The van der Waals surface area contributed by atoms with Gasteiger partial charge in [0.05, 0.1) is 0 Å². The maximum absolute atomic E-state index is 5.45. The SMILES string of the molecule is Br.CC[PH](CC(C)C)(CC(C)C)CC(C)C.CC[PH](CC)(CC)C(C)OC. The maximum atomic E-state index is 5.45. The molecule has 0 heterocycles. The minimum absolute atomic E-state index is 0. The molecule has 0 radical (unpaired) electrons. The number of methoxy groups -OCH3 is 1. The van der Waals surface area contributed by atoms with E-state index in [9.17, 15) is 0 Å². The van der Waals surface area contributed by atoms with Crippen LogP contribution in [0.15, 0.2) is 0 Å². The molecule has 0 amide bonds. The molecule has 0 rings (SSSR count). The number of hydrogen-bond donors (Lipinski definition) is 0. The van der Waals surface area contributed by atoms with E-state index in [1.54, 1.807) is 18.5 Å². The zero-order valence-electron chi connectivity index (χ0n) is 21.1. The summed E-state index contributed by atoms with van der Waals surface area (Å²) in [4.78, 5) is 0. The molecule has 1 nitrogen and oxygen atoms in total. The van der Waals surface area contributed by atoms with Gasteiger partial charge in [-0.15, -0.1) is 17.0 Å². The van der Waals surface area contributed by atoms with Crippen LogP contribution in [0.2, 0.25) is 0 Å². The second-order valence-corrected chi connectivity index (χ2v) is 20.5. The summed E-state index contributed by atoms with van der Waals surface area (Å²) < 4.78 is 5.45. The van der Waals surface area contributed by atoms with Gasteiger partial charge in [-0.05, 0) is 0 Å². The summed E-state index contributed by atoms with van der Waals surface area (Å²) >= 11 is 0. The standard InChI is InChI=1S/C14H33P.C9H23OP.BrH/c1-8-15(9-12(2)3,10-13(4)5)11-14(6)7;1-6-11(7-2,8-3)9(4)10-5;/h12-15H,8-11H2,1-7H3;9,11H,6-8H2,1-5H3;1H. The molecule has 27 heavy (non-hydrogen) atoms. The second kappa shape index (κ2) is 17.0. The molecule has 0 fully saturated rings. The van der Waals surface area contributed by atoms with Gasteiger partial charge in [-0.3, -0.25) is 0 Å². The molecule has 4 heteroatoms. The Morgan fingerprint density at radius 1 is 0.593 bits per heavy atom. The third-order valence-electron chi connectivity index (χ3n) is 6.60. The van der Waals surface area contributed by atoms with Crippen LogP contribution in [0.3, 0.4) is 0 Å². The Balaban J connectivity index is -0.000000430. The molecule has 1 atom stereocenters. The zero-order valence-corrected chi connectivity index (χ0v) is 24.8. The Labute approximate surface area is 186 Å². The van der Waals surface area contributed by atoms with Crippen LogP contribution in [0.5, 0.6) is 0 Å².